The Balaban J connectivity index is 0.00000124. The summed E-state index contributed by atoms with van der Waals surface area (Å²) < 4.78 is 5.77. The first kappa shape index (κ1) is 31.8. The van der Waals surface area contributed by atoms with Gasteiger partial charge in [-0.25, -0.2) is 0 Å². The zero-order chi connectivity index (χ0) is 32.6. The summed E-state index contributed by atoms with van der Waals surface area (Å²) in [6.07, 6.45) is 8.35. The van der Waals surface area contributed by atoms with Crippen molar-refractivity contribution in [3.8, 4) is 0 Å². The molecule has 4 aromatic carbocycles. The molecular formula is C39H42N6O2. The molecule has 0 aliphatic carbocycles. The SMILES string of the molecule is N=C(CCc1c[nH]c2ccccc12)N(Cc1cccc2ccccc12)C(=N)[C@@H](Cc1c[nH]c2ccccc12)C1CCOCC1.NC=O. The highest BCUT2D eigenvalue weighted by molar-refractivity contribution is 6.00. The second kappa shape index (κ2) is 14.9. The maximum Gasteiger partial charge on any atom is 0.204 e. The first-order valence-corrected chi connectivity index (χ1v) is 16.3. The van der Waals surface area contributed by atoms with E-state index in [1.165, 1.54) is 32.7 Å². The number of aryl methyl sites for hydroxylation is 1. The number of nitrogens with one attached hydrogen (secondary N) is 4. The third-order valence-electron chi connectivity index (χ3n) is 9.43. The molecule has 1 aliphatic heterocycles. The van der Waals surface area contributed by atoms with Crippen molar-refractivity contribution in [2.75, 3.05) is 13.2 Å². The Kier molecular flexibility index (Phi) is 10.1. The lowest BCUT2D eigenvalue weighted by molar-refractivity contribution is -0.106. The van der Waals surface area contributed by atoms with Crippen molar-refractivity contribution in [2.45, 2.75) is 38.6 Å². The largest absolute Gasteiger partial charge is 0.381 e. The Morgan fingerprint density at radius 2 is 1.38 bits per heavy atom. The molecule has 47 heavy (non-hydrogen) atoms. The molecule has 6 aromatic rings. The third kappa shape index (κ3) is 7.13. The van der Waals surface area contributed by atoms with Crippen LogP contribution in [0, 0.1) is 22.7 Å². The summed E-state index contributed by atoms with van der Waals surface area (Å²) >= 11 is 0. The van der Waals surface area contributed by atoms with Gasteiger partial charge in [0, 0.05) is 59.8 Å². The monoisotopic (exact) mass is 626 g/mol. The molecule has 1 aliphatic rings. The highest BCUT2D eigenvalue weighted by Gasteiger charge is 2.33. The van der Waals surface area contributed by atoms with E-state index in [2.05, 4.69) is 113 Å². The van der Waals surface area contributed by atoms with Gasteiger partial charge >= 0.3 is 0 Å². The van der Waals surface area contributed by atoms with Crippen molar-refractivity contribution in [1.82, 2.24) is 14.9 Å². The number of carbonyl (C=O) groups excluding carboxylic acids is 1. The molecule has 6 N–H and O–H groups in total. The van der Waals surface area contributed by atoms with Crippen LogP contribution in [0.25, 0.3) is 32.6 Å². The summed E-state index contributed by atoms with van der Waals surface area (Å²) in [4.78, 5) is 17.4. The number of benzene rings is 4. The standard InChI is InChI=1S/C38H39N5O.CH3NO/c39-37(17-16-28-23-41-35-14-5-3-12-32(28)35)43(25-29-10-7-9-26-8-1-2-11-31(26)29)38(40)34(27-18-20-44-21-19-27)22-30-24-42-36-15-6-4-13-33(30)36;2-1-3/h1-15,23-24,27,34,39-42H,16-22,25H2;1H,(H2,2,3)/t34-;/m0./s1. The van der Waals surface area contributed by atoms with Crippen molar-refractivity contribution in [3.63, 3.8) is 0 Å². The van der Waals surface area contributed by atoms with Crippen molar-refractivity contribution >= 4 is 50.7 Å². The van der Waals surface area contributed by atoms with Gasteiger partial charge in [0.2, 0.25) is 6.41 Å². The van der Waals surface area contributed by atoms with E-state index >= 15 is 0 Å². The average molecular weight is 627 g/mol. The highest BCUT2D eigenvalue weighted by Crippen LogP contribution is 2.33. The van der Waals surface area contributed by atoms with Gasteiger partial charge in [0.25, 0.3) is 0 Å². The van der Waals surface area contributed by atoms with Gasteiger partial charge in [-0.3, -0.25) is 15.6 Å². The Bertz CT molecular complexity index is 1980. The van der Waals surface area contributed by atoms with E-state index in [4.69, 9.17) is 9.53 Å². The number of primary amides is 1. The number of amidine groups is 2. The smallest absolute Gasteiger partial charge is 0.204 e. The number of aromatic amines is 2. The number of carbonyl (C=O) groups is 1. The second-order valence-corrected chi connectivity index (χ2v) is 12.2. The lowest BCUT2D eigenvalue weighted by Gasteiger charge is -2.36. The summed E-state index contributed by atoms with van der Waals surface area (Å²) in [5, 5.41) is 24.1. The highest BCUT2D eigenvalue weighted by atomic mass is 16.5. The van der Waals surface area contributed by atoms with Crippen LogP contribution in [0.2, 0.25) is 0 Å². The van der Waals surface area contributed by atoms with Crippen molar-refractivity contribution in [2.24, 2.45) is 17.6 Å². The zero-order valence-electron chi connectivity index (χ0n) is 26.5. The van der Waals surface area contributed by atoms with Crippen LogP contribution < -0.4 is 5.73 Å². The zero-order valence-corrected chi connectivity index (χ0v) is 26.5. The van der Waals surface area contributed by atoms with Crippen molar-refractivity contribution < 1.29 is 9.53 Å². The summed E-state index contributed by atoms with van der Waals surface area (Å²) in [5.74, 6) is 1.33. The topological polar surface area (TPSA) is 135 Å². The number of fused-ring (bicyclic) bond motifs is 3. The van der Waals surface area contributed by atoms with E-state index in [9.17, 15) is 10.8 Å². The molecule has 8 heteroatoms. The minimum Gasteiger partial charge on any atom is -0.381 e. The van der Waals surface area contributed by atoms with Gasteiger partial charge in [-0.2, -0.15) is 0 Å². The second-order valence-electron chi connectivity index (χ2n) is 12.2. The number of amides is 1. The molecule has 0 unspecified atom stereocenters. The minimum atomic E-state index is -0.0264. The molecule has 1 fully saturated rings. The minimum absolute atomic E-state index is 0.0264. The average Bonchev–Trinajstić information content (AvgIpc) is 3.73. The molecule has 0 bridgehead atoms. The predicted octanol–water partition coefficient (Wildman–Crippen LogP) is 7.58. The third-order valence-corrected chi connectivity index (χ3v) is 9.43. The van der Waals surface area contributed by atoms with Crippen LogP contribution in [0.5, 0.6) is 0 Å². The Morgan fingerprint density at radius 3 is 2.09 bits per heavy atom. The van der Waals surface area contributed by atoms with E-state index in [0.29, 0.717) is 30.6 Å². The summed E-state index contributed by atoms with van der Waals surface area (Å²) in [5.41, 5.74) is 9.99. The van der Waals surface area contributed by atoms with Crippen LogP contribution in [0.15, 0.2) is 103 Å². The molecule has 1 saturated heterocycles. The first-order chi connectivity index (χ1) is 23.1. The van der Waals surface area contributed by atoms with E-state index in [1.54, 1.807) is 0 Å². The van der Waals surface area contributed by atoms with Gasteiger partial charge in [0.1, 0.15) is 11.7 Å². The molecule has 0 radical (unpaired) electrons. The Hall–Kier alpha value is -5.21. The van der Waals surface area contributed by atoms with E-state index in [-0.39, 0.29) is 12.3 Å². The number of aromatic nitrogens is 2. The molecule has 2 aromatic heterocycles. The summed E-state index contributed by atoms with van der Waals surface area (Å²) in [6, 6.07) is 31.6. The fourth-order valence-electron chi connectivity index (χ4n) is 7.00. The molecule has 240 valence electrons. The van der Waals surface area contributed by atoms with Gasteiger partial charge in [-0.15, -0.1) is 0 Å². The van der Waals surface area contributed by atoms with Crippen LogP contribution in [0.4, 0.5) is 0 Å². The van der Waals surface area contributed by atoms with E-state index in [1.807, 2.05) is 11.0 Å². The van der Waals surface area contributed by atoms with Crippen molar-refractivity contribution in [1.29, 1.82) is 10.8 Å². The number of hydrogen-bond donors (Lipinski definition) is 5. The number of ether oxygens (including phenoxy) is 1. The number of para-hydroxylation sites is 2. The maximum absolute atomic E-state index is 9.85. The molecular weight excluding hydrogens is 584 g/mol. The van der Waals surface area contributed by atoms with Gasteiger partial charge in [0.05, 0.1) is 6.54 Å². The van der Waals surface area contributed by atoms with Gasteiger partial charge in [0.15, 0.2) is 0 Å². The lowest BCUT2D eigenvalue weighted by atomic mass is 9.80. The number of nitrogens with two attached hydrogens (primary N) is 1. The van der Waals surface area contributed by atoms with Gasteiger partial charge < -0.3 is 25.3 Å². The predicted molar refractivity (Wildman–Crippen MR) is 191 cm³/mol. The number of nitrogens with zero attached hydrogens (tertiary/aromatic N) is 1. The van der Waals surface area contributed by atoms with Crippen LogP contribution >= 0.6 is 0 Å². The quantitative estimate of drug-likeness (QED) is 0.0643. The summed E-state index contributed by atoms with van der Waals surface area (Å²) in [7, 11) is 0. The number of rotatable bonds is 9. The van der Waals surface area contributed by atoms with Crippen LogP contribution in [0.1, 0.15) is 36.0 Å². The maximum atomic E-state index is 9.85. The lowest BCUT2D eigenvalue weighted by Crippen LogP contribution is -2.44. The molecule has 8 nitrogen and oxygen atoms in total. The van der Waals surface area contributed by atoms with Crippen LogP contribution in [-0.4, -0.2) is 46.2 Å². The number of hydrogen-bond acceptors (Lipinski definition) is 4. The van der Waals surface area contributed by atoms with Crippen molar-refractivity contribution in [3.05, 3.63) is 120 Å². The number of H-pyrrole nitrogens is 2. The molecule has 7 rings (SSSR count). The Labute approximate surface area is 274 Å². The van der Waals surface area contributed by atoms with Gasteiger partial charge in [-0.05, 0) is 71.2 Å². The first-order valence-electron chi connectivity index (χ1n) is 16.3. The molecule has 3 heterocycles. The normalized spacial score (nSPS) is 14.0. The summed E-state index contributed by atoms with van der Waals surface area (Å²) in [6.45, 7) is 1.95. The fraction of sp³-hybridized carbons (Fsp3) is 0.256. The van der Waals surface area contributed by atoms with E-state index in [0.717, 1.165) is 55.5 Å². The molecule has 1 atom stereocenters. The Morgan fingerprint density at radius 1 is 0.809 bits per heavy atom. The van der Waals surface area contributed by atoms with Gasteiger partial charge in [-0.1, -0.05) is 78.9 Å². The van der Waals surface area contributed by atoms with Crippen LogP contribution in [-0.2, 0) is 28.9 Å². The molecule has 0 spiro atoms. The van der Waals surface area contributed by atoms with Crippen LogP contribution in [0.3, 0.4) is 0 Å². The van der Waals surface area contributed by atoms with E-state index < -0.39 is 0 Å². The molecule has 1 amide bonds. The fourth-order valence-corrected chi connectivity index (χ4v) is 7.00. The molecule has 0 saturated carbocycles.